The molecule has 1 unspecified atom stereocenters. The van der Waals surface area contributed by atoms with Crippen molar-refractivity contribution in [2.45, 2.75) is 12.5 Å². The number of amides is 1. The Morgan fingerprint density at radius 1 is 1.57 bits per heavy atom. The second-order valence-electron chi connectivity index (χ2n) is 4.18. The number of hydrogen-bond acceptors (Lipinski definition) is 6. The molecule has 2 N–H and O–H groups in total. The van der Waals surface area contributed by atoms with E-state index in [2.05, 4.69) is 10.3 Å². The average molecular weight is 311 g/mol. The second kappa shape index (κ2) is 6.46. The molecule has 0 aliphatic carbocycles. The van der Waals surface area contributed by atoms with Crippen molar-refractivity contribution in [3.05, 3.63) is 33.7 Å². The van der Waals surface area contributed by atoms with Crippen LogP contribution >= 0.6 is 11.3 Å². The van der Waals surface area contributed by atoms with Crippen molar-refractivity contribution in [1.29, 1.82) is 0 Å². The van der Waals surface area contributed by atoms with Crippen molar-refractivity contribution in [3.63, 3.8) is 0 Å². The van der Waals surface area contributed by atoms with Crippen LogP contribution in [0.3, 0.4) is 0 Å². The zero-order valence-electron chi connectivity index (χ0n) is 11.1. The number of aromatic nitrogens is 2. The molecular formula is C12H13N3O5S. The van der Waals surface area contributed by atoms with Crippen molar-refractivity contribution in [1.82, 2.24) is 14.7 Å². The molecule has 0 saturated carbocycles. The third-order valence-corrected chi connectivity index (χ3v) is 3.57. The number of carbonyl (C=O) groups is 2. The van der Waals surface area contributed by atoms with Gasteiger partial charge in [0.2, 0.25) is 0 Å². The van der Waals surface area contributed by atoms with Crippen LogP contribution in [0.15, 0.2) is 22.6 Å². The van der Waals surface area contributed by atoms with Crippen LogP contribution in [0.25, 0.3) is 4.96 Å². The minimum absolute atomic E-state index is 0.104. The zero-order valence-corrected chi connectivity index (χ0v) is 11.9. The van der Waals surface area contributed by atoms with Crippen LogP contribution < -0.4 is 10.9 Å². The largest absolute Gasteiger partial charge is 0.480 e. The number of hydrogen-bond donors (Lipinski definition) is 2. The summed E-state index contributed by atoms with van der Waals surface area (Å²) in [6, 6.07) is -1.12. The van der Waals surface area contributed by atoms with E-state index in [1.54, 1.807) is 5.38 Å². The quantitative estimate of drug-likeness (QED) is 0.775. The van der Waals surface area contributed by atoms with Gasteiger partial charge >= 0.3 is 5.97 Å². The topological polar surface area (TPSA) is 110 Å². The van der Waals surface area contributed by atoms with E-state index in [9.17, 15) is 14.4 Å². The van der Waals surface area contributed by atoms with Gasteiger partial charge in [-0.05, 0) is 0 Å². The highest BCUT2D eigenvalue weighted by atomic mass is 32.1. The Bertz CT molecular complexity index is 723. The summed E-state index contributed by atoms with van der Waals surface area (Å²) in [4.78, 5) is 39.6. The molecule has 2 rings (SSSR count). The summed E-state index contributed by atoms with van der Waals surface area (Å²) in [6.45, 7) is 0.179. The van der Waals surface area contributed by atoms with Gasteiger partial charge in [-0.15, -0.1) is 11.3 Å². The van der Waals surface area contributed by atoms with Crippen LogP contribution in [-0.4, -0.2) is 46.1 Å². The van der Waals surface area contributed by atoms with E-state index >= 15 is 0 Å². The lowest BCUT2D eigenvalue weighted by atomic mass is 10.2. The fraction of sp³-hybridized carbons (Fsp3) is 0.333. The molecule has 0 aliphatic heterocycles. The average Bonchev–Trinajstić information content (AvgIpc) is 2.92. The molecule has 0 bridgehead atoms. The highest BCUT2D eigenvalue weighted by Gasteiger charge is 2.22. The number of carboxylic acid groups (broad SMARTS) is 1. The molecule has 0 aromatic carbocycles. The van der Waals surface area contributed by atoms with Gasteiger partial charge in [0.1, 0.15) is 11.6 Å². The van der Waals surface area contributed by atoms with Gasteiger partial charge in [0.25, 0.3) is 11.5 Å². The highest BCUT2D eigenvalue weighted by molar-refractivity contribution is 7.15. The molecular weight excluding hydrogens is 298 g/mol. The maximum Gasteiger partial charge on any atom is 0.326 e. The van der Waals surface area contributed by atoms with Crippen molar-refractivity contribution in [3.8, 4) is 0 Å². The number of fused-ring (bicyclic) bond motifs is 1. The Morgan fingerprint density at radius 2 is 2.33 bits per heavy atom. The Balaban J connectivity index is 2.23. The van der Waals surface area contributed by atoms with Gasteiger partial charge in [-0.1, -0.05) is 0 Å². The summed E-state index contributed by atoms with van der Waals surface area (Å²) in [7, 11) is 1.43. The number of nitrogens with zero attached hydrogens (tertiary/aromatic N) is 2. The molecule has 0 radical (unpaired) electrons. The zero-order chi connectivity index (χ0) is 15.4. The van der Waals surface area contributed by atoms with Crippen LogP contribution in [0, 0.1) is 0 Å². The third-order valence-electron chi connectivity index (χ3n) is 2.80. The predicted octanol–water partition coefficient (Wildman–Crippen LogP) is -0.0245. The molecule has 1 atom stereocenters. The second-order valence-corrected chi connectivity index (χ2v) is 5.05. The first kappa shape index (κ1) is 15.1. The molecule has 0 aliphatic rings. The Labute approximate surface area is 123 Å². The molecule has 0 fully saturated rings. The van der Waals surface area contributed by atoms with Crippen molar-refractivity contribution in [2.24, 2.45) is 0 Å². The SMILES string of the molecule is COCCC(NC(=O)c1cnc2sccn2c1=O)C(=O)O. The van der Waals surface area contributed by atoms with Gasteiger partial charge in [0, 0.05) is 37.9 Å². The minimum atomic E-state index is -1.19. The maximum atomic E-state index is 12.1. The smallest absolute Gasteiger partial charge is 0.326 e. The molecule has 112 valence electrons. The molecule has 9 heteroatoms. The normalized spacial score (nSPS) is 12.2. The molecule has 0 saturated heterocycles. The number of methoxy groups -OCH3 is 1. The summed E-state index contributed by atoms with van der Waals surface area (Å²) >= 11 is 1.26. The van der Waals surface area contributed by atoms with Crippen LogP contribution in [0.1, 0.15) is 16.8 Å². The Hall–Kier alpha value is -2.26. The van der Waals surface area contributed by atoms with E-state index < -0.39 is 23.5 Å². The minimum Gasteiger partial charge on any atom is -0.480 e. The van der Waals surface area contributed by atoms with Gasteiger partial charge < -0.3 is 15.2 Å². The van der Waals surface area contributed by atoms with Gasteiger partial charge in [0.15, 0.2) is 4.96 Å². The van der Waals surface area contributed by atoms with Gasteiger partial charge in [-0.3, -0.25) is 14.0 Å². The van der Waals surface area contributed by atoms with Gasteiger partial charge in [-0.2, -0.15) is 0 Å². The van der Waals surface area contributed by atoms with E-state index in [-0.39, 0.29) is 18.6 Å². The first-order valence-electron chi connectivity index (χ1n) is 6.02. The standard InChI is InChI=1S/C12H13N3O5S/c1-20-4-2-8(11(18)19)14-9(16)7-6-13-12-15(10(7)17)3-5-21-12/h3,5-6,8H,2,4H2,1H3,(H,14,16)(H,18,19). The Morgan fingerprint density at radius 3 is 3.00 bits per heavy atom. The van der Waals surface area contributed by atoms with Crippen molar-refractivity contribution in [2.75, 3.05) is 13.7 Å². The molecule has 1 amide bonds. The van der Waals surface area contributed by atoms with Crippen LogP contribution in [0.2, 0.25) is 0 Å². The van der Waals surface area contributed by atoms with Gasteiger partial charge in [0.05, 0.1) is 0 Å². The molecule has 2 aromatic rings. The highest BCUT2D eigenvalue weighted by Crippen LogP contribution is 2.06. The van der Waals surface area contributed by atoms with Crippen LogP contribution in [-0.2, 0) is 9.53 Å². The fourth-order valence-electron chi connectivity index (χ4n) is 1.71. The summed E-state index contributed by atoms with van der Waals surface area (Å²) in [5.74, 6) is -1.96. The van der Waals surface area contributed by atoms with Crippen molar-refractivity contribution >= 4 is 28.2 Å². The van der Waals surface area contributed by atoms with Gasteiger partial charge in [-0.25, -0.2) is 9.78 Å². The number of aliphatic carboxylic acids is 1. The van der Waals surface area contributed by atoms with E-state index in [1.165, 1.54) is 29.0 Å². The van der Waals surface area contributed by atoms with E-state index in [0.717, 1.165) is 6.20 Å². The maximum absolute atomic E-state index is 12.1. The lowest BCUT2D eigenvalue weighted by molar-refractivity contribution is -0.139. The monoisotopic (exact) mass is 311 g/mol. The number of ether oxygens (including phenoxy) is 1. The first-order chi connectivity index (χ1) is 10.0. The lowest BCUT2D eigenvalue weighted by Crippen LogP contribution is -2.43. The number of carboxylic acids is 1. The number of thiazole rings is 1. The summed E-state index contributed by atoms with van der Waals surface area (Å²) in [5.41, 5.74) is -0.732. The third kappa shape index (κ3) is 3.26. The number of carbonyl (C=O) groups excluding carboxylic acids is 1. The molecule has 2 heterocycles. The molecule has 2 aromatic heterocycles. The summed E-state index contributed by atoms with van der Waals surface area (Å²) in [6.07, 6.45) is 2.76. The summed E-state index contributed by atoms with van der Waals surface area (Å²) < 4.78 is 6.03. The van der Waals surface area contributed by atoms with Crippen LogP contribution in [0.4, 0.5) is 0 Å². The van der Waals surface area contributed by atoms with E-state index in [1.807, 2.05) is 0 Å². The fourth-order valence-corrected chi connectivity index (χ4v) is 2.38. The molecule has 8 nitrogen and oxygen atoms in total. The van der Waals surface area contributed by atoms with Crippen molar-refractivity contribution < 1.29 is 19.4 Å². The lowest BCUT2D eigenvalue weighted by Gasteiger charge is -2.13. The van der Waals surface area contributed by atoms with E-state index in [4.69, 9.17) is 9.84 Å². The van der Waals surface area contributed by atoms with Crippen LogP contribution in [0.5, 0.6) is 0 Å². The summed E-state index contributed by atoms with van der Waals surface area (Å²) in [5, 5.41) is 13.0. The Kier molecular flexibility index (Phi) is 4.66. The predicted molar refractivity (Wildman–Crippen MR) is 74.7 cm³/mol. The molecule has 0 spiro atoms. The van der Waals surface area contributed by atoms with E-state index in [0.29, 0.717) is 4.96 Å². The molecule has 21 heavy (non-hydrogen) atoms. The number of rotatable bonds is 6. The number of nitrogens with one attached hydrogen (secondary N) is 1. The first-order valence-corrected chi connectivity index (χ1v) is 6.90.